The van der Waals surface area contributed by atoms with E-state index in [4.69, 9.17) is 14.5 Å². The van der Waals surface area contributed by atoms with Crippen molar-refractivity contribution in [1.29, 1.82) is 5.26 Å². The number of methoxy groups -OCH3 is 2. The Morgan fingerprint density at radius 2 is 1.73 bits per heavy atom. The van der Waals surface area contributed by atoms with Crippen LogP contribution in [0.15, 0.2) is 54.6 Å². The van der Waals surface area contributed by atoms with Gasteiger partial charge in [-0.05, 0) is 41.5 Å². The quantitative estimate of drug-likeness (QED) is 0.496. The summed E-state index contributed by atoms with van der Waals surface area (Å²) in [5.41, 5.74) is 2.54. The van der Waals surface area contributed by atoms with Crippen molar-refractivity contribution in [2.45, 2.75) is 13.0 Å². The molecule has 1 fully saturated rings. The Labute approximate surface area is 193 Å². The van der Waals surface area contributed by atoms with Crippen molar-refractivity contribution in [3.05, 3.63) is 71.4 Å². The van der Waals surface area contributed by atoms with Crippen molar-refractivity contribution >= 4 is 27.4 Å². The van der Waals surface area contributed by atoms with Crippen molar-refractivity contribution in [2.24, 2.45) is 0 Å². The molecule has 1 saturated heterocycles. The Bertz CT molecular complexity index is 1390. The predicted octanol–water partition coefficient (Wildman–Crippen LogP) is 4.74. The van der Waals surface area contributed by atoms with Gasteiger partial charge in [0, 0.05) is 36.4 Å². The normalized spacial score (nSPS) is 16.1. The smallest absolute Gasteiger partial charge is 0.161 e. The summed E-state index contributed by atoms with van der Waals surface area (Å²) in [5, 5.41) is 17.7. The van der Waals surface area contributed by atoms with E-state index < -0.39 is 0 Å². The van der Waals surface area contributed by atoms with Crippen LogP contribution in [0.4, 0.5) is 5.82 Å². The second-order valence-corrected chi connectivity index (χ2v) is 8.32. The molecule has 0 bridgehead atoms. The number of piperazine rings is 1. The second-order valence-electron chi connectivity index (χ2n) is 8.32. The molecular weight excluding hydrogens is 412 g/mol. The lowest BCUT2D eigenvalue weighted by atomic mass is 9.99. The number of fused-ring (bicyclic) bond motifs is 2. The molecule has 1 N–H and O–H groups in total. The lowest BCUT2D eigenvalue weighted by Gasteiger charge is -2.35. The third kappa shape index (κ3) is 3.71. The summed E-state index contributed by atoms with van der Waals surface area (Å²) in [6.45, 7) is 4.33. The van der Waals surface area contributed by atoms with Gasteiger partial charge in [-0.15, -0.1) is 0 Å². The van der Waals surface area contributed by atoms with Gasteiger partial charge in [0.2, 0.25) is 0 Å². The van der Waals surface area contributed by atoms with Crippen LogP contribution in [0, 0.1) is 18.3 Å². The third-order valence-corrected chi connectivity index (χ3v) is 6.43. The summed E-state index contributed by atoms with van der Waals surface area (Å²) in [4.78, 5) is 7.19. The van der Waals surface area contributed by atoms with Crippen LogP contribution in [0.5, 0.6) is 11.5 Å². The summed E-state index contributed by atoms with van der Waals surface area (Å²) in [7, 11) is 3.23. The first-order chi connectivity index (χ1) is 16.1. The van der Waals surface area contributed by atoms with Crippen molar-refractivity contribution in [1.82, 2.24) is 10.3 Å². The highest BCUT2D eigenvalue weighted by Gasteiger charge is 2.25. The lowest BCUT2D eigenvalue weighted by Crippen LogP contribution is -2.46. The summed E-state index contributed by atoms with van der Waals surface area (Å²) in [6.07, 6.45) is 0. The Hall–Kier alpha value is -3.82. The van der Waals surface area contributed by atoms with Gasteiger partial charge in [-0.1, -0.05) is 36.4 Å². The molecule has 1 atom stereocenters. The Morgan fingerprint density at radius 3 is 2.45 bits per heavy atom. The number of aromatic nitrogens is 1. The predicted molar refractivity (Wildman–Crippen MR) is 131 cm³/mol. The van der Waals surface area contributed by atoms with Gasteiger partial charge in [-0.25, -0.2) is 4.98 Å². The molecule has 3 aromatic carbocycles. The van der Waals surface area contributed by atoms with Crippen LogP contribution in [-0.2, 0) is 0 Å². The first-order valence-corrected chi connectivity index (χ1v) is 11.1. The van der Waals surface area contributed by atoms with Crippen LogP contribution in [0.2, 0.25) is 0 Å². The van der Waals surface area contributed by atoms with E-state index >= 15 is 0 Å². The number of nitrogens with one attached hydrogen (secondary N) is 1. The fraction of sp³-hybridized carbons (Fsp3) is 0.259. The van der Waals surface area contributed by atoms with Gasteiger partial charge >= 0.3 is 0 Å². The SMILES string of the molecule is COc1cc2c(N3CCNC(c4ccc5ccccc5c4)C3)nc(C)c(C#N)c2cc1OC. The molecule has 6 heteroatoms. The molecule has 1 aliphatic rings. The summed E-state index contributed by atoms with van der Waals surface area (Å²) >= 11 is 0. The first kappa shape index (κ1) is 21.0. The minimum absolute atomic E-state index is 0.177. The zero-order valence-electron chi connectivity index (χ0n) is 19.1. The summed E-state index contributed by atoms with van der Waals surface area (Å²) < 4.78 is 11.1. The van der Waals surface area contributed by atoms with Crippen molar-refractivity contribution < 1.29 is 9.47 Å². The van der Waals surface area contributed by atoms with Crippen molar-refractivity contribution in [3.8, 4) is 17.6 Å². The van der Waals surface area contributed by atoms with Gasteiger partial charge < -0.3 is 19.7 Å². The number of nitriles is 1. The van der Waals surface area contributed by atoms with Gasteiger partial charge in [0.15, 0.2) is 11.5 Å². The Morgan fingerprint density at radius 1 is 1.00 bits per heavy atom. The second kappa shape index (κ2) is 8.61. The van der Waals surface area contributed by atoms with Gasteiger partial charge in [0.1, 0.15) is 11.9 Å². The van der Waals surface area contributed by atoms with Crippen LogP contribution in [0.3, 0.4) is 0 Å². The van der Waals surface area contributed by atoms with E-state index in [1.54, 1.807) is 14.2 Å². The molecule has 0 radical (unpaired) electrons. The number of anilines is 1. The molecule has 0 saturated carbocycles. The highest BCUT2D eigenvalue weighted by Crippen LogP contribution is 2.39. The average Bonchev–Trinajstić information content (AvgIpc) is 2.87. The summed E-state index contributed by atoms with van der Waals surface area (Å²) in [5.74, 6) is 2.10. The van der Waals surface area contributed by atoms with Gasteiger partial charge in [-0.2, -0.15) is 5.26 Å². The molecular formula is C27H26N4O2. The largest absolute Gasteiger partial charge is 0.493 e. The number of hydrogen-bond donors (Lipinski definition) is 1. The maximum atomic E-state index is 9.80. The maximum absolute atomic E-state index is 9.80. The zero-order valence-corrected chi connectivity index (χ0v) is 19.1. The minimum atomic E-state index is 0.177. The van der Waals surface area contributed by atoms with Crippen LogP contribution in [0.25, 0.3) is 21.5 Å². The number of aryl methyl sites for hydroxylation is 1. The molecule has 4 aromatic rings. The van der Waals surface area contributed by atoms with E-state index in [1.807, 2.05) is 19.1 Å². The lowest BCUT2D eigenvalue weighted by molar-refractivity contribution is 0.356. The van der Waals surface area contributed by atoms with Crippen LogP contribution >= 0.6 is 0 Å². The monoisotopic (exact) mass is 438 g/mol. The molecule has 1 unspecified atom stereocenters. The number of ether oxygens (including phenoxy) is 2. The van der Waals surface area contributed by atoms with E-state index in [0.717, 1.165) is 36.2 Å². The van der Waals surface area contributed by atoms with Crippen molar-refractivity contribution in [2.75, 3.05) is 38.8 Å². The van der Waals surface area contributed by atoms with E-state index in [-0.39, 0.29) is 6.04 Å². The van der Waals surface area contributed by atoms with Gasteiger partial charge in [0.25, 0.3) is 0 Å². The molecule has 6 nitrogen and oxygen atoms in total. The highest BCUT2D eigenvalue weighted by atomic mass is 16.5. The van der Waals surface area contributed by atoms with Crippen molar-refractivity contribution in [3.63, 3.8) is 0 Å². The highest BCUT2D eigenvalue weighted by molar-refractivity contribution is 5.99. The molecule has 33 heavy (non-hydrogen) atoms. The molecule has 5 rings (SSSR count). The number of hydrogen-bond acceptors (Lipinski definition) is 6. The average molecular weight is 439 g/mol. The van der Waals surface area contributed by atoms with Gasteiger partial charge in [-0.3, -0.25) is 0 Å². The number of nitrogens with zero attached hydrogens (tertiary/aromatic N) is 3. The number of rotatable bonds is 4. The Kier molecular flexibility index (Phi) is 5.49. The molecule has 1 aromatic heterocycles. The molecule has 2 heterocycles. The fourth-order valence-corrected chi connectivity index (χ4v) is 4.71. The minimum Gasteiger partial charge on any atom is -0.493 e. The molecule has 166 valence electrons. The molecule has 0 aliphatic carbocycles. The topological polar surface area (TPSA) is 70.4 Å². The molecule has 0 spiro atoms. The van der Waals surface area contributed by atoms with Crippen LogP contribution in [0.1, 0.15) is 22.9 Å². The number of benzene rings is 3. The molecule has 0 amide bonds. The number of pyridine rings is 1. The Balaban J connectivity index is 1.58. The van der Waals surface area contributed by atoms with Crippen LogP contribution < -0.4 is 19.7 Å². The van der Waals surface area contributed by atoms with E-state index in [9.17, 15) is 5.26 Å². The van der Waals surface area contributed by atoms with E-state index in [1.165, 1.54) is 16.3 Å². The first-order valence-electron chi connectivity index (χ1n) is 11.1. The standard InChI is InChI=1S/C27H26N4O2/c1-17-23(15-28)21-13-25(32-2)26(33-3)14-22(21)27(30-17)31-11-10-29-24(16-31)20-9-8-18-6-4-5-7-19(18)12-20/h4-9,12-14,24,29H,10-11,16H2,1-3H3. The van der Waals surface area contributed by atoms with E-state index in [2.05, 4.69) is 58.8 Å². The maximum Gasteiger partial charge on any atom is 0.161 e. The van der Waals surface area contributed by atoms with Gasteiger partial charge in [0.05, 0.1) is 25.5 Å². The fourth-order valence-electron chi connectivity index (χ4n) is 4.71. The third-order valence-electron chi connectivity index (χ3n) is 6.43. The van der Waals surface area contributed by atoms with Crippen LogP contribution in [-0.4, -0.2) is 38.8 Å². The van der Waals surface area contributed by atoms with E-state index in [0.29, 0.717) is 22.8 Å². The molecule has 1 aliphatic heterocycles. The summed E-state index contributed by atoms with van der Waals surface area (Å²) in [6, 6.07) is 21.4. The zero-order chi connectivity index (χ0) is 22.9.